The van der Waals surface area contributed by atoms with E-state index in [0.29, 0.717) is 16.7 Å². The Balaban J connectivity index is 2.23. The normalized spacial score (nSPS) is 21.5. The van der Waals surface area contributed by atoms with Gasteiger partial charge in [-0.15, -0.1) is 0 Å². The van der Waals surface area contributed by atoms with E-state index in [0.717, 1.165) is 13.0 Å². The molecule has 1 aromatic rings. The third-order valence-corrected chi connectivity index (χ3v) is 4.82. The maximum absolute atomic E-state index is 12.6. The molecule has 1 aliphatic heterocycles. The van der Waals surface area contributed by atoms with Crippen LogP contribution in [0.1, 0.15) is 20.3 Å². The van der Waals surface area contributed by atoms with E-state index in [2.05, 4.69) is 26.6 Å². The molecule has 21 heavy (non-hydrogen) atoms. The Morgan fingerprint density at radius 3 is 2.76 bits per heavy atom. The Labute approximate surface area is 131 Å². The topological polar surface area (TPSA) is 84.3 Å². The summed E-state index contributed by atoms with van der Waals surface area (Å²) in [5.41, 5.74) is -0.0697. The van der Waals surface area contributed by atoms with E-state index >= 15 is 0 Å². The van der Waals surface area contributed by atoms with Crippen molar-refractivity contribution in [3.05, 3.63) is 32.8 Å². The molecular weight excluding hydrogens is 338 g/mol. The zero-order valence-corrected chi connectivity index (χ0v) is 13.6. The highest BCUT2D eigenvalue weighted by Gasteiger charge is 2.43. The van der Waals surface area contributed by atoms with Crippen LogP contribution in [0, 0.1) is 21.4 Å². The minimum Gasteiger partial charge on any atom is -0.325 e. The summed E-state index contributed by atoms with van der Waals surface area (Å²) in [6.45, 7) is 5.49. The number of carbonyl (C=O) groups is 1. The molecule has 7 heteroatoms. The summed E-state index contributed by atoms with van der Waals surface area (Å²) in [7, 11) is 0. The molecule has 6 nitrogen and oxygen atoms in total. The van der Waals surface area contributed by atoms with Gasteiger partial charge >= 0.3 is 0 Å². The summed E-state index contributed by atoms with van der Waals surface area (Å²) in [4.78, 5) is 23.1. The van der Waals surface area contributed by atoms with Gasteiger partial charge in [-0.2, -0.15) is 0 Å². The standard InChI is InChI=1S/C14H18BrN3O3/c1-9(2)14(5-6-16-8-14)13(19)17-10-3-4-11(15)12(7-10)18(20)21/h3-4,7,9,16H,5-6,8H2,1-2H3,(H,17,19). The Morgan fingerprint density at radius 1 is 1.52 bits per heavy atom. The number of halogens is 1. The minimum absolute atomic E-state index is 0.0593. The monoisotopic (exact) mass is 355 g/mol. The Bertz CT molecular complexity index is 569. The number of carbonyl (C=O) groups excluding carboxylic acids is 1. The van der Waals surface area contributed by atoms with Crippen LogP contribution in [0.4, 0.5) is 11.4 Å². The molecule has 1 atom stereocenters. The van der Waals surface area contributed by atoms with Crippen LogP contribution in [0.3, 0.4) is 0 Å². The number of nitro benzene ring substituents is 1. The summed E-state index contributed by atoms with van der Waals surface area (Å²) in [6.07, 6.45) is 0.773. The molecule has 1 aliphatic rings. The smallest absolute Gasteiger partial charge is 0.285 e. The van der Waals surface area contributed by atoms with Crippen LogP contribution in [0.25, 0.3) is 0 Å². The van der Waals surface area contributed by atoms with Crippen molar-refractivity contribution in [3.8, 4) is 0 Å². The van der Waals surface area contributed by atoms with Gasteiger partial charge in [0.2, 0.25) is 5.91 Å². The van der Waals surface area contributed by atoms with Gasteiger partial charge in [0.05, 0.1) is 14.8 Å². The highest BCUT2D eigenvalue weighted by atomic mass is 79.9. The quantitative estimate of drug-likeness (QED) is 0.642. The SMILES string of the molecule is CC(C)C1(C(=O)Nc2ccc(Br)c([N+](=O)[O-])c2)CCNC1. The van der Waals surface area contributed by atoms with Gasteiger partial charge in [-0.25, -0.2) is 0 Å². The maximum Gasteiger partial charge on any atom is 0.285 e. The first kappa shape index (κ1) is 15.9. The van der Waals surface area contributed by atoms with Gasteiger partial charge < -0.3 is 10.6 Å². The van der Waals surface area contributed by atoms with E-state index in [4.69, 9.17) is 0 Å². The van der Waals surface area contributed by atoms with Crippen LogP contribution in [-0.2, 0) is 4.79 Å². The molecule has 114 valence electrons. The first-order valence-electron chi connectivity index (χ1n) is 6.83. The molecule has 2 N–H and O–H groups in total. The predicted octanol–water partition coefficient (Wildman–Crippen LogP) is 2.93. The highest BCUT2D eigenvalue weighted by molar-refractivity contribution is 9.10. The molecule has 1 amide bonds. The van der Waals surface area contributed by atoms with Crippen molar-refractivity contribution in [3.63, 3.8) is 0 Å². The Kier molecular flexibility index (Phi) is 4.63. The number of anilines is 1. The summed E-state index contributed by atoms with van der Waals surface area (Å²) in [5, 5.41) is 17.0. The van der Waals surface area contributed by atoms with Crippen LogP contribution in [0.2, 0.25) is 0 Å². The van der Waals surface area contributed by atoms with Crippen molar-refractivity contribution in [2.75, 3.05) is 18.4 Å². The van der Waals surface area contributed by atoms with E-state index < -0.39 is 10.3 Å². The number of hydrogen-bond donors (Lipinski definition) is 2. The van der Waals surface area contributed by atoms with Crippen LogP contribution >= 0.6 is 15.9 Å². The molecule has 1 fully saturated rings. The predicted molar refractivity (Wildman–Crippen MR) is 84.2 cm³/mol. The summed E-state index contributed by atoms with van der Waals surface area (Å²) >= 11 is 3.13. The number of rotatable bonds is 4. The van der Waals surface area contributed by atoms with Crippen molar-refractivity contribution in [1.82, 2.24) is 5.32 Å². The largest absolute Gasteiger partial charge is 0.325 e. The molecule has 0 radical (unpaired) electrons. The van der Waals surface area contributed by atoms with Crippen molar-refractivity contribution >= 4 is 33.2 Å². The second kappa shape index (κ2) is 6.11. The van der Waals surface area contributed by atoms with Crippen LogP contribution in [0.5, 0.6) is 0 Å². The second-order valence-corrected chi connectivity index (χ2v) is 6.47. The van der Waals surface area contributed by atoms with Gasteiger partial charge in [0.15, 0.2) is 0 Å². The average molecular weight is 356 g/mol. The van der Waals surface area contributed by atoms with Gasteiger partial charge in [-0.3, -0.25) is 14.9 Å². The molecule has 0 saturated carbocycles. The van der Waals surface area contributed by atoms with E-state index in [1.165, 1.54) is 6.07 Å². The van der Waals surface area contributed by atoms with Crippen LogP contribution in [0.15, 0.2) is 22.7 Å². The maximum atomic E-state index is 12.6. The molecule has 1 unspecified atom stereocenters. The van der Waals surface area contributed by atoms with Crippen molar-refractivity contribution in [2.24, 2.45) is 11.3 Å². The molecule has 2 rings (SSSR count). The van der Waals surface area contributed by atoms with E-state index in [9.17, 15) is 14.9 Å². The molecule has 1 saturated heterocycles. The Morgan fingerprint density at radius 2 is 2.24 bits per heavy atom. The zero-order valence-electron chi connectivity index (χ0n) is 12.0. The lowest BCUT2D eigenvalue weighted by Gasteiger charge is -2.31. The van der Waals surface area contributed by atoms with Crippen molar-refractivity contribution in [1.29, 1.82) is 0 Å². The lowest BCUT2D eigenvalue weighted by Crippen LogP contribution is -2.42. The van der Waals surface area contributed by atoms with Crippen molar-refractivity contribution < 1.29 is 9.72 Å². The molecule has 0 aliphatic carbocycles. The minimum atomic E-state index is -0.477. The van der Waals surface area contributed by atoms with Gasteiger partial charge in [0.25, 0.3) is 5.69 Å². The van der Waals surface area contributed by atoms with Crippen LogP contribution < -0.4 is 10.6 Å². The fourth-order valence-corrected chi connectivity index (χ4v) is 3.04. The van der Waals surface area contributed by atoms with E-state index in [1.54, 1.807) is 12.1 Å². The van der Waals surface area contributed by atoms with E-state index in [-0.39, 0.29) is 17.5 Å². The summed E-state index contributed by atoms with van der Waals surface area (Å²) < 4.78 is 0.395. The highest BCUT2D eigenvalue weighted by Crippen LogP contribution is 2.36. The van der Waals surface area contributed by atoms with Gasteiger partial charge in [-0.05, 0) is 46.9 Å². The number of benzene rings is 1. The fraction of sp³-hybridized carbons (Fsp3) is 0.500. The molecule has 1 heterocycles. The fourth-order valence-electron chi connectivity index (χ4n) is 2.65. The lowest BCUT2D eigenvalue weighted by atomic mass is 9.75. The summed E-state index contributed by atoms with van der Waals surface area (Å²) in [6, 6.07) is 4.60. The third-order valence-electron chi connectivity index (χ3n) is 4.15. The number of hydrogen-bond acceptors (Lipinski definition) is 4. The van der Waals surface area contributed by atoms with Crippen LogP contribution in [-0.4, -0.2) is 23.9 Å². The molecule has 0 aromatic heterocycles. The zero-order chi connectivity index (χ0) is 15.6. The first-order chi connectivity index (χ1) is 9.86. The van der Waals surface area contributed by atoms with Crippen molar-refractivity contribution in [2.45, 2.75) is 20.3 Å². The second-order valence-electron chi connectivity index (χ2n) is 5.62. The lowest BCUT2D eigenvalue weighted by molar-refractivity contribution is -0.385. The number of nitrogens with one attached hydrogen (secondary N) is 2. The number of amides is 1. The molecule has 0 bridgehead atoms. The summed E-state index contributed by atoms with van der Waals surface area (Å²) in [5.74, 6) is 0.108. The van der Waals surface area contributed by atoms with Gasteiger partial charge in [0, 0.05) is 18.3 Å². The first-order valence-corrected chi connectivity index (χ1v) is 7.62. The average Bonchev–Trinajstić information content (AvgIpc) is 2.91. The van der Waals surface area contributed by atoms with E-state index in [1.807, 2.05) is 13.8 Å². The number of nitrogens with zero attached hydrogens (tertiary/aromatic N) is 1. The molecule has 0 spiro atoms. The van der Waals surface area contributed by atoms with Gasteiger partial charge in [-0.1, -0.05) is 13.8 Å². The third kappa shape index (κ3) is 3.08. The molecule has 1 aromatic carbocycles. The number of nitro groups is 1. The van der Waals surface area contributed by atoms with Gasteiger partial charge in [0.1, 0.15) is 0 Å². The molecular formula is C14H18BrN3O3. The Hall–Kier alpha value is -1.47.